The SMILES string of the molecule is COC(=O)C1Cc2ccncc2CN1C(=O)C[C@@H](Cc1ccccc1F)NC(=O)OC(C)(C)C. The molecule has 1 aromatic heterocycles. The molecule has 0 bridgehead atoms. The van der Waals surface area contributed by atoms with Gasteiger partial charge in [-0.2, -0.15) is 0 Å². The monoisotopic (exact) mass is 471 g/mol. The topological polar surface area (TPSA) is 97.8 Å². The Morgan fingerprint density at radius 1 is 1.21 bits per heavy atom. The van der Waals surface area contributed by atoms with Crippen molar-refractivity contribution in [2.75, 3.05) is 7.11 Å². The van der Waals surface area contributed by atoms with Crippen LogP contribution in [0.1, 0.15) is 43.9 Å². The lowest BCUT2D eigenvalue weighted by Crippen LogP contribution is -2.51. The third-order valence-corrected chi connectivity index (χ3v) is 5.49. The first kappa shape index (κ1) is 25.1. The van der Waals surface area contributed by atoms with E-state index in [0.29, 0.717) is 12.0 Å². The fourth-order valence-corrected chi connectivity index (χ4v) is 3.92. The Bertz CT molecular complexity index is 1050. The maximum Gasteiger partial charge on any atom is 0.407 e. The van der Waals surface area contributed by atoms with E-state index in [4.69, 9.17) is 9.47 Å². The average Bonchev–Trinajstić information content (AvgIpc) is 2.77. The van der Waals surface area contributed by atoms with Crippen LogP contribution in [-0.4, -0.2) is 52.6 Å². The smallest absolute Gasteiger partial charge is 0.407 e. The summed E-state index contributed by atoms with van der Waals surface area (Å²) in [7, 11) is 1.28. The number of carbonyl (C=O) groups excluding carboxylic acids is 3. The maximum atomic E-state index is 14.3. The molecule has 0 aliphatic carbocycles. The molecule has 1 aromatic carbocycles. The summed E-state index contributed by atoms with van der Waals surface area (Å²) in [4.78, 5) is 43.9. The van der Waals surface area contributed by atoms with Gasteiger partial charge in [0.15, 0.2) is 0 Å². The van der Waals surface area contributed by atoms with Crippen LogP contribution in [0.4, 0.5) is 9.18 Å². The minimum absolute atomic E-state index is 0.0759. The lowest BCUT2D eigenvalue weighted by molar-refractivity contribution is -0.154. The predicted octanol–water partition coefficient (Wildman–Crippen LogP) is 3.17. The van der Waals surface area contributed by atoms with E-state index in [-0.39, 0.29) is 25.3 Å². The van der Waals surface area contributed by atoms with Crippen molar-refractivity contribution in [1.29, 1.82) is 0 Å². The van der Waals surface area contributed by atoms with E-state index >= 15 is 0 Å². The molecule has 1 aliphatic rings. The van der Waals surface area contributed by atoms with Crippen LogP contribution in [0.5, 0.6) is 0 Å². The Hall–Kier alpha value is -3.49. The number of rotatable bonds is 6. The van der Waals surface area contributed by atoms with Crippen molar-refractivity contribution in [3.8, 4) is 0 Å². The number of benzene rings is 1. The minimum atomic E-state index is -0.803. The van der Waals surface area contributed by atoms with Crippen molar-refractivity contribution >= 4 is 18.0 Å². The van der Waals surface area contributed by atoms with Crippen LogP contribution in [0.2, 0.25) is 0 Å². The number of amides is 2. The van der Waals surface area contributed by atoms with Crippen LogP contribution in [0.15, 0.2) is 42.7 Å². The van der Waals surface area contributed by atoms with Crippen LogP contribution < -0.4 is 5.32 Å². The molecular formula is C25H30FN3O5. The molecular weight excluding hydrogens is 441 g/mol. The van der Waals surface area contributed by atoms with Gasteiger partial charge in [-0.15, -0.1) is 0 Å². The normalized spacial score (nSPS) is 16.3. The molecule has 0 spiro atoms. The lowest BCUT2D eigenvalue weighted by Gasteiger charge is -2.36. The molecule has 2 atom stereocenters. The Balaban J connectivity index is 1.83. The molecule has 0 saturated heterocycles. The number of pyridine rings is 1. The first-order chi connectivity index (χ1) is 16.1. The zero-order valence-electron chi connectivity index (χ0n) is 19.8. The van der Waals surface area contributed by atoms with E-state index in [1.54, 1.807) is 51.4 Å². The molecule has 2 heterocycles. The van der Waals surface area contributed by atoms with Crippen LogP contribution in [0.3, 0.4) is 0 Å². The van der Waals surface area contributed by atoms with Gasteiger partial charge in [0.25, 0.3) is 0 Å². The first-order valence-corrected chi connectivity index (χ1v) is 11.1. The molecule has 3 rings (SSSR count). The fourth-order valence-electron chi connectivity index (χ4n) is 3.92. The summed E-state index contributed by atoms with van der Waals surface area (Å²) in [5, 5.41) is 2.69. The molecule has 0 fully saturated rings. The van der Waals surface area contributed by atoms with Gasteiger partial charge in [-0.25, -0.2) is 14.0 Å². The summed E-state index contributed by atoms with van der Waals surface area (Å²) < 4.78 is 24.6. The third-order valence-electron chi connectivity index (χ3n) is 5.49. The van der Waals surface area contributed by atoms with E-state index in [0.717, 1.165) is 11.1 Å². The van der Waals surface area contributed by atoms with Gasteiger partial charge in [0, 0.05) is 37.8 Å². The zero-order chi connectivity index (χ0) is 24.9. The molecule has 1 unspecified atom stereocenters. The summed E-state index contributed by atoms with van der Waals surface area (Å²) in [6.45, 7) is 5.36. The number of aromatic nitrogens is 1. The highest BCUT2D eigenvalue weighted by Crippen LogP contribution is 2.25. The van der Waals surface area contributed by atoms with Crippen molar-refractivity contribution in [3.05, 3.63) is 65.2 Å². The molecule has 1 N–H and O–H groups in total. The summed E-state index contributed by atoms with van der Waals surface area (Å²) in [5.41, 5.74) is 1.37. The average molecular weight is 472 g/mol. The van der Waals surface area contributed by atoms with Gasteiger partial charge in [-0.05, 0) is 56.0 Å². The van der Waals surface area contributed by atoms with Gasteiger partial charge in [0.1, 0.15) is 17.5 Å². The molecule has 0 saturated carbocycles. The Morgan fingerprint density at radius 2 is 1.94 bits per heavy atom. The van der Waals surface area contributed by atoms with E-state index < -0.39 is 35.6 Å². The van der Waals surface area contributed by atoms with E-state index in [9.17, 15) is 18.8 Å². The Kier molecular flexibility index (Phi) is 7.86. The quantitative estimate of drug-likeness (QED) is 0.650. The van der Waals surface area contributed by atoms with Crippen molar-refractivity contribution in [3.63, 3.8) is 0 Å². The van der Waals surface area contributed by atoms with Gasteiger partial charge >= 0.3 is 12.1 Å². The summed E-state index contributed by atoms with van der Waals surface area (Å²) in [6.07, 6.45) is 2.81. The predicted molar refractivity (Wildman–Crippen MR) is 122 cm³/mol. The van der Waals surface area contributed by atoms with Gasteiger partial charge < -0.3 is 19.7 Å². The second-order valence-electron chi connectivity index (χ2n) is 9.25. The molecule has 8 nitrogen and oxygen atoms in total. The number of methoxy groups -OCH3 is 1. The van der Waals surface area contributed by atoms with Crippen LogP contribution >= 0.6 is 0 Å². The van der Waals surface area contributed by atoms with Crippen molar-refractivity contribution in [2.45, 2.75) is 64.3 Å². The number of carbonyl (C=O) groups is 3. The standard InChI is InChI=1S/C25H30FN3O5/c1-25(2,3)34-24(32)28-19(11-17-7-5-6-8-20(17)26)13-22(30)29-15-18-14-27-10-9-16(18)12-21(29)23(31)33-4/h5-10,14,19,21H,11-13,15H2,1-4H3,(H,28,32)/t19-,21?/m1/s1. The van der Waals surface area contributed by atoms with Gasteiger partial charge in [-0.1, -0.05) is 18.2 Å². The van der Waals surface area contributed by atoms with E-state index in [2.05, 4.69) is 10.3 Å². The van der Waals surface area contributed by atoms with Gasteiger partial charge in [0.2, 0.25) is 5.91 Å². The number of hydrogen-bond donors (Lipinski definition) is 1. The van der Waals surface area contributed by atoms with E-state index in [1.807, 2.05) is 6.07 Å². The molecule has 182 valence electrons. The molecule has 2 aromatic rings. The molecule has 1 aliphatic heterocycles. The highest BCUT2D eigenvalue weighted by molar-refractivity contribution is 5.86. The number of hydrogen-bond acceptors (Lipinski definition) is 6. The second-order valence-corrected chi connectivity index (χ2v) is 9.25. The van der Waals surface area contributed by atoms with Crippen molar-refractivity contribution < 1.29 is 28.2 Å². The van der Waals surface area contributed by atoms with Crippen LogP contribution in [-0.2, 0) is 38.4 Å². The number of nitrogens with zero attached hydrogens (tertiary/aromatic N) is 2. The number of halogens is 1. The lowest BCUT2D eigenvalue weighted by atomic mass is 9.94. The summed E-state index contributed by atoms with van der Waals surface area (Å²) >= 11 is 0. The zero-order valence-corrected chi connectivity index (χ0v) is 19.8. The highest BCUT2D eigenvalue weighted by Gasteiger charge is 2.36. The van der Waals surface area contributed by atoms with Gasteiger partial charge in [-0.3, -0.25) is 9.78 Å². The first-order valence-electron chi connectivity index (χ1n) is 11.1. The number of fused-ring (bicyclic) bond motifs is 1. The number of esters is 1. The Morgan fingerprint density at radius 3 is 2.62 bits per heavy atom. The van der Waals surface area contributed by atoms with Crippen molar-refractivity contribution in [2.24, 2.45) is 0 Å². The molecule has 0 radical (unpaired) electrons. The fraction of sp³-hybridized carbons (Fsp3) is 0.440. The summed E-state index contributed by atoms with van der Waals surface area (Å²) in [5.74, 6) is -1.33. The molecule has 34 heavy (non-hydrogen) atoms. The van der Waals surface area contributed by atoms with Crippen LogP contribution in [0, 0.1) is 5.82 Å². The minimum Gasteiger partial charge on any atom is -0.467 e. The highest BCUT2D eigenvalue weighted by atomic mass is 19.1. The molecule has 9 heteroatoms. The second kappa shape index (κ2) is 10.6. The number of alkyl carbamates (subject to hydrolysis) is 1. The van der Waals surface area contributed by atoms with Crippen molar-refractivity contribution in [1.82, 2.24) is 15.2 Å². The maximum absolute atomic E-state index is 14.3. The number of nitrogens with one attached hydrogen (secondary N) is 1. The van der Waals surface area contributed by atoms with Gasteiger partial charge in [0.05, 0.1) is 7.11 Å². The van der Waals surface area contributed by atoms with E-state index in [1.165, 1.54) is 18.1 Å². The largest absolute Gasteiger partial charge is 0.467 e. The molecule has 2 amide bonds. The third kappa shape index (κ3) is 6.52. The summed E-state index contributed by atoms with van der Waals surface area (Å²) in [6, 6.07) is 6.44. The van der Waals surface area contributed by atoms with Crippen LogP contribution in [0.25, 0.3) is 0 Å². The Labute approximate surface area is 198 Å². The number of ether oxygens (including phenoxy) is 2.